The van der Waals surface area contributed by atoms with Crippen molar-refractivity contribution in [2.75, 3.05) is 6.16 Å². The van der Waals surface area contributed by atoms with E-state index in [1.807, 2.05) is 0 Å². The van der Waals surface area contributed by atoms with Gasteiger partial charge in [-0.25, -0.2) is 9.59 Å². The van der Waals surface area contributed by atoms with Gasteiger partial charge in [0.1, 0.15) is 6.16 Å². The molecule has 1 amide bonds. The van der Waals surface area contributed by atoms with Crippen molar-refractivity contribution in [3.8, 4) is 0 Å². The van der Waals surface area contributed by atoms with E-state index in [1.54, 1.807) is 0 Å². The monoisotopic (exact) mass is 255 g/mol. The van der Waals surface area contributed by atoms with E-state index in [0.29, 0.717) is 6.92 Å². The predicted octanol–water partition coefficient (Wildman–Crippen LogP) is -1.79. The van der Waals surface area contributed by atoms with Crippen LogP contribution in [0.1, 0.15) is 6.92 Å². The van der Waals surface area contributed by atoms with Crippen molar-refractivity contribution in [2.45, 2.75) is 12.5 Å². The van der Waals surface area contributed by atoms with Crippen LogP contribution in [0.4, 0.5) is 0 Å². The maximum atomic E-state index is 11.0. The Kier molecular flexibility index (Phi) is 4.19. The van der Waals surface area contributed by atoms with E-state index < -0.39 is 37.1 Å². The number of carboxylic acids is 2. The number of carbonyl (C=O) groups excluding carboxylic acids is 1. The van der Waals surface area contributed by atoms with Gasteiger partial charge in [0, 0.05) is 0 Å². The number of carbonyl (C=O) groups is 3. The minimum absolute atomic E-state index is 0.690. The number of aliphatic carboxylic acids is 2. The Hall–Kier alpha value is -1.44. The van der Waals surface area contributed by atoms with Gasteiger partial charge in [0.15, 0.2) is 0 Å². The molecule has 0 saturated carbocycles. The molecule has 0 aromatic carbocycles. The molecule has 0 fully saturated rings. The van der Waals surface area contributed by atoms with E-state index in [2.05, 4.69) is 0 Å². The summed E-state index contributed by atoms with van der Waals surface area (Å²) in [6.07, 6.45) is -1.27. The second-order valence-electron chi connectivity index (χ2n) is 3.11. The van der Waals surface area contributed by atoms with Crippen LogP contribution in [0.25, 0.3) is 0 Å². The number of carboxylic acid groups (broad SMARTS) is 2. The van der Waals surface area contributed by atoms with Crippen molar-refractivity contribution in [1.82, 2.24) is 5.32 Å². The van der Waals surface area contributed by atoms with Gasteiger partial charge in [-0.3, -0.25) is 9.36 Å². The first-order valence-corrected chi connectivity index (χ1v) is 5.61. The Morgan fingerprint density at radius 1 is 1.19 bits per heavy atom. The zero-order chi connectivity index (χ0) is 13.1. The molecule has 0 spiro atoms. The summed E-state index contributed by atoms with van der Waals surface area (Å²) in [4.78, 5) is 48.9. The molecular weight excluding hydrogens is 245 g/mol. The SMILES string of the molecule is CC(NC(=O)CP(=O)(O)O)(C(=O)O)C(=O)O. The van der Waals surface area contributed by atoms with Gasteiger partial charge in [0.2, 0.25) is 11.4 Å². The zero-order valence-corrected chi connectivity index (χ0v) is 8.97. The number of amides is 1. The maximum absolute atomic E-state index is 11.0. The summed E-state index contributed by atoms with van der Waals surface area (Å²) >= 11 is 0. The average Bonchev–Trinajstić information content (AvgIpc) is 1.98. The standard InChI is InChI=1S/C6H10NO8P/c1-6(4(9)10,5(11)12)7-3(8)2-16(13,14)15/h2H2,1H3,(H,7,8)(H,9,10)(H,11,12)(H2,13,14,15). The fourth-order valence-corrected chi connectivity index (χ4v) is 1.16. The highest BCUT2D eigenvalue weighted by atomic mass is 31.2. The van der Waals surface area contributed by atoms with Crippen LogP contribution in [0.15, 0.2) is 0 Å². The summed E-state index contributed by atoms with van der Waals surface area (Å²) in [5.41, 5.74) is -2.62. The molecule has 0 aromatic heterocycles. The van der Waals surface area contributed by atoms with Gasteiger partial charge in [-0.15, -0.1) is 0 Å². The van der Waals surface area contributed by atoms with E-state index in [0.717, 1.165) is 0 Å². The lowest BCUT2D eigenvalue weighted by molar-refractivity contribution is -0.159. The predicted molar refractivity (Wildman–Crippen MR) is 48.7 cm³/mol. The van der Waals surface area contributed by atoms with Crippen LogP contribution < -0.4 is 5.32 Å². The molecule has 0 saturated heterocycles. The van der Waals surface area contributed by atoms with Crippen molar-refractivity contribution in [3.05, 3.63) is 0 Å². The molecule has 92 valence electrons. The van der Waals surface area contributed by atoms with E-state index in [1.165, 1.54) is 5.32 Å². The second-order valence-corrected chi connectivity index (χ2v) is 4.75. The minimum Gasteiger partial charge on any atom is -0.479 e. The summed E-state index contributed by atoms with van der Waals surface area (Å²) in [6, 6.07) is 0. The van der Waals surface area contributed by atoms with Crippen LogP contribution in [0, 0.1) is 0 Å². The van der Waals surface area contributed by atoms with Gasteiger partial charge in [0.05, 0.1) is 0 Å². The lowest BCUT2D eigenvalue weighted by Gasteiger charge is -2.21. The molecule has 0 unspecified atom stereocenters. The molecule has 0 bridgehead atoms. The highest BCUT2D eigenvalue weighted by Crippen LogP contribution is 2.33. The Bertz CT molecular complexity index is 357. The van der Waals surface area contributed by atoms with E-state index in [-0.39, 0.29) is 0 Å². The van der Waals surface area contributed by atoms with Crippen molar-refractivity contribution < 1.29 is 38.9 Å². The maximum Gasteiger partial charge on any atom is 0.340 e. The van der Waals surface area contributed by atoms with Crippen LogP contribution >= 0.6 is 7.60 Å². The molecule has 0 aromatic rings. The summed E-state index contributed by atoms with van der Waals surface area (Å²) in [6.45, 7) is 0.690. The first-order valence-electron chi connectivity index (χ1n) is 3.81. The largest absolute Gasteiger partial charge is 0.479 e. The third-order valence-corrected chi connectivity index (χ3v) is 2.29. The third-order valence-electron chi connectivity index (χ3n) is 1.59. The first kappa shape index (κ1) is 14.6. The molecule has 0 radical (unpaired) electrons. The van der Waals surface area contributed by atoms with Gasteiger partial charge in [-0.1, -0.05) is 0 Å². The summed E-state index contributed by atoms with van der Waals surface area (Å²) in [5, 5.41) is 18.6. The van der Waals surface area contributed by atoms with Crippen LogP contribution in [0.3, 0.4) is 0 Å². The van der Waals surface area contributed by atoms with Gasteiger partial charge in [-0.2, -0.15) is 0 Å². The molecule has 0 aliphatic heterocycles. The number of rotatable bonds is 5. The molecular formula is C6H10NO8P. The summed E-state index contributed by atoms with van der Waals surface area (Å²) < 4.78 is 10.4. The van der Waals surface area contributed by atoms with Crippen molar-refractivity contribution in [1.29, 1.82) is 0 Å². The number of hydrogen-bond acceptors (Lipinski definition) is 4. The molecule has 0 aliphatic carbocycles. The molecule has 5 N–H and O–H groups in total. The summed E-state index contributed by atoms with van der Waals surface area (Å²) in [7, 11) is -4.67. The fraction of sp³-hybridized carbons (Fsp3) is 0.500. The number of nitrogens with one attached hydrogen (secondary N) is 1. The summed E-state index contributed by atoms with van der Waals surface area (Å²) in [5.74, 6) is -5.06. The van der Waals surface area contributed by atoms with E-state index >= 15 is 0 Å². The lowest BCUT2D eigenvalue weighted by Crippen LogP contribution is -2.58. The zero-order valence-electron chi connectivity index (χ0n) is 8.08. The first-order chi connectivity index (χ1) is 6.99. The van der Waals surface area contributed by atoms with Gasteiger partial charge < -0.3 is 25.3 Å². The van der Waals surface area contributed by atoms with Crippen LogP contribution in [-0.2, 0) is 18.9 Å². The van der Waals surface area contributed by atoms with Crippen molar-refractivity contribution in [2.24, 2.45) is 0 Å². The highest BCUT2D eigenvalue weighted by molar-refractivity contribution is 7.52. The highest BCUT2D eigenvalue weighted by Gasteiger charge is 2.43. The van der Waals surface area contributed by atoms with E-state index in [4.69, 9.17) is 20.0 Å². The molecule has 9 nitrogen and oxygen atoms in total. The second kappa shape index (κ2) is 4.60. The lowest BCUT2D eigenvalue weighted by atomic mass is 10.0. The molecule has 0 atom stereocenters. The quantitative estimate of drug-likeness (QED) is 0.284. The normalized spacial score (nSPS) is 11.9. The van der Waals surface area contributed by atoms with Crippen LogP contribution in [-0.4, -0.2) is 49.5 Å². The molecule has 0 rings (SSSR count). The Balaban J connectivity index is 4.81. The molecule has 10 heteroatoms. The average molecular weight is 255 g/mol. The van der Waals surface area contributed by atoms with Gasteiger partial charge in [-0.05, 0) is 6.92 Å². The third kappa shape index (κ3) is 3.97. The van der Waals surface area contributed by atoms with Crippen LogP contribution in [0.2, 0.25) is 0 Å². The van der Waals surface area contributed by atoms with Crippen molar-refractivity contribution >= 4 is 25.4 Å². The Morgan fingerprint density at radius 3 is 1.81 bits per heavy atom. The number of hydrogen-bond donors (Lipinski definition) is 5. The molecule has 16 heavy (non-hydrogen) atoms. The topological polar surface area (TPSA) is 161 Å². The molecule has 0 aliphatic rings. The van der Waals surface area contributed by atoms with Gasteiger partial charge in [0.25, 0.3) is 0 Å². The van der Waals surface area contributed by atoms with Crippen molar-refractivity contribution in [3.63, 3.8) is 0 Å². The van der Waals surface area contributed by atoms with E-state index in [9.17, 15) is 18.9 Å². The molecule has 0 heterocycles. The minimum atomic E-state index is -4.67. The Labute approximate surface area is 89.2 Å². The fourth-order valence-electron chi connectivity index (χ4n) is 0.704. The Morgan fingerprint density at radius 2 is 1.56 bits per heavy atom. The smallest absolute Gasteiger partial charge is 0.340 e. The van der Waals surface area contributed by atoms with Crippen LogP contribution in [0.5, 0.6) is 0 Å². The van der Waals surface area contributed by atoms with Gasteiger partial charge >= 0.3 is 19.5 Å².